The van der Waals surface area contributed by atoms with Gasteiger partial charge >= 0.3 is 0 Å². The molecule has 2 aromatic carbocycles. The molecule has 29 heavy (non-hydrogen) atoms. The number of benzene rings is 2. The number of amides is 1. The first kappa shape index (κ1) is 19.6. The van der Waals surface area contributed by atoms with Gasteiger partial charge in [0.05, 0.1) is 0 Å². The van der Waals surface area contributed by atoms with Gasteiger partial charge in [0, 0.05) is 25.1 Å². The minimum absolute atomic E-state index is 0.0556. The zero-order valence-corrected chi connectivity index (χ0v) is 17.1. The van der Waals surface area contributed by atoms with Crippen LogP contribution in [0.2, 0.25) is 0 Å². The molecule has 1 aliphatic heterocycles. The van der Waals surface area contributed by atoms with E-state index in [2.05, 4.69) is 34.3 Å². The quantitative estimate of drug-likeness (QED) is 0.611. The second-order valence-electron chi connectivity index (χ2n) is 8.11. The van der Waals surface area contributed by atoms with Crippen molar-refractivity contribution in [2.45, 2.75) is 32.6 Å². The smallest absolute Gasteiger partial charge is 0.251 e. The van der Waals surface area contributed by atoms with Gasteiger partial charge in [-0.2, -0.15) is 0 Å². The molecular weight excluding hydrogens is 362 g/mol. The fourth-order valence-electron chi connectivity index (χ4n) is 4.06. The topological polar surface area (TPSA) is 58.4 Å². The number of likely N-dealkylation sites (tertiary alicyclic amines) is 1. The molecule has 2 heterocycles. The van der Waals surface area contributed by atoms with E-state index in [1.807, 2.05) is 30.3 Å². The zero-order valence-electron chi connectivity index (χ0n) is 17.1. The van der Waals surface area contributed by atoms with Crippen molar-refractivity contribution in [2.75, 3.05) is 26.2 Å². The minimum atomic E-state index is -0.0556. The van der Waals surface area contributed by atoms with Crippen molar-refractivity contribution in [3.05, 3.63) is 65.5 Å². The summed E-state index contributed by atoms with van der Waals surface area (Å²) in [5.74, 6) is 1.40. The Balaban J connectivity index is 1.30. The second kappa shape index (κ2) is 9.23. The van der Waals surface area contributed by atoms with Crippen LogP contribution in [0, 0.1) is 5.92 Å². The molecule has 0 bridgehead atoms. The first-order chi connectivity index (χ1) is 14.2. The van der Waals surface area contributed by atoms with Crippen molar-refractivity contribution in [2.24, 2.45) is 5.92 Å². The Morgan fingerprint density at radius 2 is 2.10 bits per heavy atom. The number of aromatic nitrogens is 1. The van der Waals surface area contributed by atoms with E-state index in [1.54, 1.807) is 6.07 Å². The molecule has 4 rings (SSSR count). The first-order valence-electron chi connectivity index (χ1n) is 10.6. The highest BCUT2D eigenvalue weighted by molar-refractivity contribution is 5.97. The van der Waals surface area contributed by atoms with Gasteiger partial charge in [0.1, 0.15) is 5.52 Å². The highest BCUT2D eigenvalue weighted by atomic mass is 16.3. The summed E-state index contributed by atoms with van der Waals surface area (Å²) in [6.07, 6.45) is 4.25. The predicted octanol–water partition coefficient (Wildman–Crippen LogP) is 4.27. The van der Waals surface area contributed by atoms with Crippen molar-refractivity contribution < 1.29 is 9.21 Å². The highest BCUT2D eigenvalue weighted by Crippen LogP contribution is 2.19. The number of hydrogen-bond acceptors (Lipinski definition) is 4. The molecule has 0 spiro atoms. The van der Waals surface area contributed by atoms with Crippen LogP contribution < -0.4 is 5.32 Å². The van der Waals surface area contributed by atoms with E-state index in [0.717, 1.165) is 30.0 Å². The van der Waals surface area contributed by atoms with Gasteiger partial charge < -0.3 is 14.6 Å². The van der Waals surface area contributed by atoms with E-state index < -0.39 is 0 Å². The Bertz CT molecular complexity index is 951. The van der Waals surface area contributed by atoms with E-state index in [1.165, 1.54) is 25.9 Å². The molecule has 1 aliphatic rings. The van der Waals surface area contributed by atoms with Crippen LogP contribution in [0.25, 0.3) is 11.1 Å². The largest absolute Gasteiger partial charge is 0.440 e. The normalized spacial score (nSPS) is 17.5. The molecule has 5 nitrogen and oxygen atoms in total. The van der Waals surface area contributed by atoms with Crippen LogP contribution in [0.5, 0.6) is 0 Å². The van der Waals surface area contributed by atoms with E-state index >= 15 is 0 Å². The summed E-state index contributed by atoms with van der Waals surface area (Å²) in [4.78, 5) is 19.5. The lowest BCUT2D eigenvalue weighted by Gasteiger charge is -2.30. The van der Waals surface area contributed by atoms with Gasteiger partial charge in [-0.15, -0.1) is 0 Å². The standard InChI is InChI=1S/C24H29N3O2/c1-18-7-5-13-27(17-18)14-6-12-25-24(28)20-10-11-21-22(16-20)29-23(26-21)15-19-8-3-2-4-9-19/h2-4,8-11,16,18H,5-7,12-15,17H2,1H3,(H,25,28)/t18-/m0/s1. The summed E-state index contributed by atoms with van der Waals surface area (Å²) in [5.41, 5.74) is 3.21. The molecule has 0 aliphatic carbocycles. The Morgan fingerprint density at radius 1 is 1.24 bits per heavy atom. The van der Waals surface area contributed by atoms with Crippen LogP contribution in [0.3, 0.4) is 0 Å². The average Bonchev–Trinajstić information content (AvgIpc) is 3.13. The maximum atomic E-state index is 12.5. The molecule has 1 N–H and O–H groups in total. The molecule has 5 heteroatoms. The molecule has 0 saturated carbocycles. The van der Waals surface area contributed by atoms with Crippen LogP contribution in [0.4, 0.5) is 0 Å². The third-order valence-corrected chi connectivity index (χ3v) is 5.57. The maximum absolute atomic E-state index is 12.5. The summed E-state index contributed by atoms with van der Waals surface area (Å²) >= 11 is 0. The van der Waals surface area contributed by atoms with Crippen molar-refractivity contribution in [1.82, 2.24) is 15.2 Å². The third kappa shape index (κ3) is 5.24. The number of hydrogen-bond donors (Lipinski definition) is 1. The summed E-state index contributed by atoms with van der Waals surface area (Å²) < 4.78 is 5.88. The van der Waals surface area contributed by atoms with E-state index in [0.29, 0.717) is 30.0 Å². The van der Waals surface area contributed by atoms with Gasteiger partial charge in [0.2, 0.25) is 0 Å². The lowest BCUT2D eigenvalue weighted by Crippen LogP contribution is -2.36. The van der Waals surface area contributed by atoms with Gasteiger partial charge in [-0.25, -0.2) is 4.98 Å². The van der Waals surface area contributed by atoms with Crippen molar-refractivity contribution in [1.29, 1.82) is 0 Å². The molecule has 152 valence electrons. The third-order valence-electron chi connectivity index (χ3n) is 5.57. The Labute approximate surface area is 172 Å². The van der Waals surface area contributed by atoms with Crippen LogP contribution in [0.15, 0.2) is 52.9 Å². The Morgan fingerprint density at radius 3 is 2.93 bits per heavy atom. The van der Waals surface area contributed by atoms with Crippen LogP contribution in [0.1, 0.15) is 48.0 Å². The molecular formula is C24H29N3O2. The van der Waals surface area contributed by atoms with Gasteiger partial charge in [0.25, 0.3) is 5.91 Å². The molecule has 0 unspecified atom stereocenters. The van der Waals surface area contributed by atoms with E-state index in [-0.39, 0.29) is 5.91 Å². The van der Waals surface area contributed by atoms with Crippen molar-refractivity contribution in [3.63, 3.8) is 0 Å². The molecule has 0 radical (unpaired) electrons. The average molecular weight is 392 g/mol. The van der Waals surface area contributed by atoms with Gasteiger partial charge in [-0.3, -0.25) is 4.79 Å². The number of rotatable bonds is 7. The molecule has 1 fully saturated rings. The van der Waals surface area contributed by atoms with Crippen LogP contribution >= 0.6 is 0 Å². The summed E-state index contributed by atoms with van der Waals surface area (Å²) in [6.45, 7) is 6.43. The lowest BCUT2D eigenvalue weighted by atomic mass is 10.0. The number of piperidine rings is 1. The van der Waals surface area contributed by atoms with Crippen LogP contribution in [-0.4, -0.2) is 42.0 Å². The van der Waals surface area contributed by atoms with Crippen molar-refractivity contribution in [3.8, 4) is 0 Å². The highest BCUT2D eigenvalue weighted by Gasteiger charge is 2.16. The lowest BCUT2D eigenvalue weighted by molar-refractivity contribution is 0.0950. The first-order valence-corrected chi connectivity index (χ1v) is 10.6. The number of nitrogens with one attached hydrogen (secondary N) is 1. The number of fused-ring (bicyclic) bond motifs is 1. The van der Waals surface area contributed by atoms with Gasteiger partial charge in [0.15, 0.2) is 11.5 Å². The Kier molecular flexibility index (Phi) is 6.25. The molecule has 3 aromatic rings. The van der Waals surface area contributed by atoms with Crippen LogP contribution in [-0.2, 0) is 6.42 Å². The van der Waals surface area contributed by atoms with Gasteiger partial charge in [-0.05, 0) is 62.0 Å². The SMILES string of the molecule is C[C@H]1CCCN(CCCNC(=O)c2ccc3nc(Cc4ccccc4)oc3c2)C1. The predicted molar refractivity (Wildman–Crippen MR) is 115 cm³/mol. The van der Waals surface area contributed by atoms with Gasteiger partial charge in [-0.1, -0.05) is 37.3 Å². The summed E-state index contributed by atoms with van der Waals surface area (Å²) in [6, 6.07) is 15.6. The number of carbonyl (C=O) groups excluding carboxylic acids is 1. The molecule has 1 saturated heterocycles. The Hall–Kier alpha value is -2.66. The fraction of sp³-hybridized carbons (Fsp3) is 0.417. The monoisotopic (exact) mass is 391 g/mol. The summed E-state index contributed by atoms with van der Waals surface area (Å²) in [5, 5.41) is 3.03. The molecule has 1 atom stereocenters. The fourth-order valence-corrected chi connectivity index (χ4v) is 4.06. The van der Waals surface area contributed by atoms with E-state index in [9.17, 15) is 4.79 Å². The number of nitrogens with zero attached hydrogens (tertiary/aromatic N) is 2. The second-order valence-corrected chi connectivity index (χ2v) is 8.11. The van der Waals surface area contributed by atoms with Crippen molar-refractivity contribution >= 4 is 17.0 Å². The van der Waals surface area contributed by atoms with E-state index in [4.69, 9.17) is 4.42 Å². The maximum Gasteiger partial charge on any atom is 0.251 e. The molecule has 1 aromatic heterocycles. The summed E-state index contributed by atoms with van der Waals surface area (Å²) in [7, 11) is 0. The molecule has 1 amide bonds. The zero-order chi connectivity index (χ0) is 20.1. The minimum Gasteiger partial charge on any atom is -0.440 e. The number of oxazole rings is 1. The number of carbonyl (C=O) groups is 1.